The number of hydrogen-bond acceptors (Lipinski definition) is 5. The molecule has 5 nitrogen and oxygen atoms in total. The summed E-state index contributed by atoms with van der Waals surface area (Å²) in [5.41, 5.74) is 1.23. The summed E-state index contributed by atoms with van der Waals surface area (Å²) in [7, 11) is 1.69. The second-order valence-corrected chi connectivity index (χ2v) is 6.64. The second kappa shape index (κ2) is 10.2. The lowest BCUT2D eigenvalue weighted by Gasteiger charge is -2.33. The predicted octanol–water partition coefficient (Wildman–Crippen LogP) is 2.76. The van der Waals surface area contributed by atoms with E-state index in [9.17, 15) is 0 Å². The van der Waals surface area contributed by atoms with Crippen LogP contribution in [0.25, 0.3) is 0 Å². The quantitative estimate of drug-likeness (QED) is 0.773. The number of benzene rings is 1. The van der Waals surface area contributed by atoms with E-state index in [1.54, 1.807) is 7.11 Å². The summed E-state index contributed by atoms with van der Waals surface area (Å²) < 4.78 is 16.7. The van der Waals surface area contributed by atoms with Gasteiger partial charge >= 0.3 is 0 Å². The monoisotopic (exact) mass is 370 g/mol. The summed E-state index contributed by atoms with van der Waals surface area (Å²) in [6.45, 7) is 6.15. The van der Waals surface area contributed by atoms with Gasteiger partial charge in [-0.25, -0.2) is 0 Å². The first-order valence-electron chi connectivity index (χ1n) is 9.16. The van der Waals surface area contributed by atoms with Crippen LogP contribution in [0, 0.1) is 5.92 Å². The second-order valence-electron chi connectivity index (χ2n) is 6.64. The number of hydrogen-bond donors (Lipinski definition) is 2. The van der Waals surface area contributed by atoms with E-state index in [0.29, 0.717) is 24.6 Å². The zero-order valence-corrected chi connectivity index (χ0v) is 16.1. The van der Waals surface area contributed by atoms with Gasteiger partial charge in [-0.3, -0.25) is 0 Å². The van der Waals surface area contributed by atoms with Gasteiger partial charge in [0, 0.05) is 25.2 Å². The average molecular weight is 371 g/mol. The topological polar surface area (TPSA) is 51.8 Å². The summed E-state index contributed by atoms with van der Waals surface area (Å²) in [6, 6.07) is 7.24. The van der Waals surface area contributed by atoms with Gasteiger partial charge in [-0.15, -0.1) is 12.4 Å². The maximum Gasteiger partial charge on any atom is 0.161 e. The summed E-state index contributed by atoms with van der Waals surface area (Å²) in [5, 5.41) is 7.38. The fourth-order valence-corrected chi connectivity index (χ4v) is 3.93. The number of nitrogens with one attached hydrogen (secondary N) is 2. The van der Waals surface area contributed by atoms with E-state index in [-0.39, 0.29) is 12.4 Å². The van der Waals surface area contributed by atoms with Gasteiger partial charge < -0.3 is 24.8 Å². The zero-order chi connectivity index (χ0) is 16.8. The van der Waals surface area contributed by atoms with Gasteiger partial charge in [0.25, 0.3) is 0 Å². The third-order valence-corrected chi connectivity index (χ3v) is 5.13. The van der Waals surface area contributed by atoms with Crippen LogP contribution >= 0.6 is 12.4 Å². The van der Waals surface area contributed by atoms with Crippen molar-refractivity contribution in [3.05, 3.63) is 23.8 Å². The summed E-state index contributed by atoms with van der Waals surface area (Å²) in [6.07, 6.45) is 3.83. The Morgan fingerprint density at radius 2 is 2.16 bits per heavy atom. The van der Waals surface area contributed by atoms with E-state index in [1.807, 2.05) is 13.0 Å². The summed E-state index contributed by atoms with van der Waals surface area (Å²) >= 11 is 0. The van der Waals surface area contributed by atoms with Gasteiger partial charge in [-0.05, 0) is 43.4 Å². The van der Waals surface area contributed by atoms with Gasteiger partial charge in [0.05, 0.1) is 26.9 Å². The van der Waals surface area contributed by atoms with Crippen LogP contribution < -0.4 is 20.1 Å². The van der Waals surface area contributed by atoms with E-state index in [1.165, 1.54) is 24.8 Å². The molecule has 0 bridgehead atoms. The summed E-state index contributed by atoms with van der Waals surface area (Å²) in [4.78, 5) is 0. The van der Waals surface area contributed by atoms with Crippen LogP contribution in [0.5, 0.6) is 11.5 Å². The first kappa shape index (κ1) is 20.3. The molecule has 1 aromatic carbocycles. The molecule has 1 aliphatic carbocycles. The molecule has 0 amide bonds. The molecule has 2 aliphatic rings. The molecule has 1 heterocycles. The minimum absolute atomic E-state index is 0. The van der Waals surface area contributed by atoms with E-state index in [0.717, 1.165) is 37.8 Å². The molecule has 6 heteroatoms. The highest BCUT2D eigenvalue weighted by Gasteiger charge is 2.34. The maximum absolute atomic E-state index is 5.65. The van der Waals surface area contributed by atoms with E-state index < -0.39 is 0 Å². The van der Waals surface area contributed by atoms with Crippen molar-refractivity contribution in [3.8, 4) is 11.5 Å². The molecule has 1 aliphatic heterocycles. The molecular weight excluding hydrogens is 340 g/mol. The Kier molecular flexibility index (Phi) is 8.30. The number of methoxy groups -OCH3 is 1. The predicted molar refractivity (Wildman–Crippen MR) is 102 cm³/mol. The minimum atomic E-state index is 0. The van der Waals surface area contributed by atoms with Crippen LogP contribution in [0.4, 0.5) is 0 Å². The lowest BCUT2D eigenvalue weighted by molar-refractivity contribution is 0.0524. The fraction of sp³-hybridized carbons (Fsp3) is 0.684. The molecule has 142 valence electrons. The Labute approximate surface area is 157 Å². The van der Waals surface area contributed by atoms with Crippen LogP contribution in [0.2, 0.25) is 0 Å². The number of halogens is 1. The van der Waals surface area contributed by atoms with Crippen LogP contribution in [0.1, 0.15) is 31.7 Å². The van der Waals surface area contributed by atoms with Crippen molar-refractivity contribution in [2.45, 2.75) is 44.8 Å². The third-order valence-electron chi connectivity index (χ3n) is 5.13. The van der Waals surface area contributed by atoms with Crippen molar-refractivity contribution in [2.75, 3.05) is 33.5 Å². The Morgan fingerprint density at radius 1 is 1.28 bits per heavy atom. The molecule has 3 atom stereocenters. The highest BCUT2D eigenvalue weighted by Crippen LogP contribution is 2.31. The van der Waals surface area contributed by atoms with Crippen molar-refractivity contribution in [3.63, 3.8) is 0 Å². The lowest BCUT2D eigenvalue weighted by Crippen LogP contribution is -2.50. The van der Waals surface area contributed by atoms with Crippen molar-refractivity contribution in [2.24, 2.45) is 5.92 Å². The number of morpholine rings is 1. The normalized spacial score (nSPS) is 26.1. The molecule has 1 aromatic rings. The first-order valence-corrected chi connectivity index (χ1v) is 9.16. The Bertz CT molecular complexity index is 523. The van der Waals surface area contributed by atoms with E-state index in [2.05, 4.69) is 22.8 Å². The highest BCUT2D eigenvalue weighted by atomic mass is 35.5. The van der Waals surface area contributed by atoms with Crippen molar-refractivity contribution >= 4 is 12.4 Å². The van der Waals surface area contributed by atoms with Gasteiger partial charge in [-0.2, -0.15) is 0 Å². The van der Waals surface area contributed by atoms with Gasteiger partial charge in [0.15, 0.2) is 11.5 Å². The van der Waals surface area contributed by atoms with Crippen molar-refractivity contribution in [1.82, 2.24) is 10.6 Å². The lowest BCUT2D eigenvalue weighted by atomic mass is 9.94. The van der Waals surface area contributed by atoms with Gasteiger partial charge in [-0.1, -0.05) is 12.5 Å². The summed E-state index contributed by atoms with van der Waals surface area (Å²) in [5.74, 6) is 2.28. The molecule has 1 saturated heterocycles. The zero-order valence-electron chi connectivity index (χ0n) is 15.3. The van der Waals surface area contributed by atoms with Gasteiger partial charge in [0.2, 0.25) is 0 Å². The van der Waals surface area contributed by atoms with Gasteiger partial charge in [0.1, 0.15) is 0 Å². The SMILES string of the molecule is CCOc1ccc(CNC2CCCC2C2COCCN2)cc1OC.Cl. The van der Waals surface area contributed by atoms with Crippen LogP contribution in [0.3, 0.4) is 0 Å². The number of ether oxygens (including phenoxy) is 3. The number of rotatable bonds is 7. The maximum atomic E-state index is 5.65. The molecule has 3 rings (SSSR count). The van der Waals surface area contributed by atoms with E-state index >= 15 is 0 Å². The minimum Gasteiger partial charge on any atom is -0.493 e. The molecule has 3 unspecified atom stereocenters. The van der Waals surface area contributed by atoms with E-state index in [4.69, 9.17) is 14.2 Å². The van der Waals surface area contributed by atoms with Crippen molar-refractivity contribution in [1.29, 1.82) is 0 Å². The molecule has 0 aromatic heterocycles. The average Bonchev–Trinajstić information content (AvgIpc) is 3.10. The molecular formula is C19H31ClN2O3. The molecule has 25 heavy (non-hydrogen) atoms. The third kappa shape index (κ3) is 5.23. The molecule has 0 spiro atoms. The molecule has 2 N–H and O–H groups in total. The van der Waals surface area contributed by atoms with Crippen molar-refractivity contribution < 1.29 is 14.2 Å². The largest absolute Gasteiger partial charge is 0.493 e. The molecule has 0 radical (unpaired) electrons. The van der Waals surface area contributed by atoms with Crippen LogP contribution in [0.15, 0.2) is 18.2 Å². The highest BCUT2D eigenvalue weighted by molar-refractivity contribution is 5.85. The smallest absolute Gasteiger partial charge is 0.161 e. The Hall–Kier alpha value is -1.01. The Balaban J connectivity index is 0.00000225. The fourth-order valence-electron chi connectivity index (χ4n) is 3.93. The first-order chi connectivity index (χ1) is 11.8. The molecule has 1 saturated carbocycles. The Morgan fingerprint density at radius 3 is 2.88 bits per heavy atom. The molecule has 2 fully saturated rings. The standard InChI is InChI=1S/C19H30N2O3.ClH/c1-3-24-18-8-7-14(11-19(18)22-2)12-21-16-6-4-5-15(16)17-13-23-10-9-20-17;/h7-8,11,15-17,20-21H,3-6,9-10,12-13H2,1-2H3;1H. The van der Waals surface area contributed by atoms with Crippen LogP contribution in [-0.4, -0.2) is 45.6 Å². The van der Waals surface area contributed by atoms with Crippen LogP contribution in [-0.2, 0) is 11.3 Å².